The normalized spacial score (nSPS) is 10.7. The van der Waals surface area contributed by atoms with Crippen LogP contribution in [-0.2, 0) is 28.9 Å². The molecule has 4 heteroatoms. The molecule has 0 aromatic carbocycles. The summed E-state index contributed by atoms with van der Waals surface area (Å²) in [7, 11) is 0. The molecule has 0 aliphatic rings. The van der Waals surface area contributed by atoms with Gasteiger partial charge in [-0.25, -0.2) is 0 Å². The van der Waals surface area contributed by atoms with Gasteiger partial charge in [0.1, 0.15) is 0 Å². The fourth-order valence-corrected chi connectivity index (χ4v) is 1.12. The summed E-state index contributed by atoms with van der Waals surface area (Å²) in [6, 6.07) is 0. The number of hydrogen-bond donors (Lipinski definition) is 1. The van der Waals surface area contributed by atoms with Gasteiger partial charge in [-0.3, -0.25) is 0 Å². The minimum atomic E-state index is -0.384. The Morgan fingerprint density at radius 3 is 2.67 bits per heavy atom. The maximum atomic E-state index is 11.1. The quantitative estimate of drug-likeness (QED) is 0.456. The van der Waals surface area contributed by atoms with E-state index in [9.17, 15) is 4.79 Å². The Hall–Kier alpha value is -0.532. The molecule has 0 aromatic heterocycles. The van der Waals surface area contributed by atoms with E-state index in [1.54, 1.807) is 13.0 Å². The molecule has 0 bridgehead atoms. The van der Waals surface area contributed by atoms with Crippen molar-refractivity contribution in [3.63, 3.8) is 0 Å². The maximum absolute atomic E-state index is 11.1. The molecule has 12 heavy (non-hydrogen) atoms. The predicted molar refractivity (Wildman–Crippen MR) is 44.1 cm³/mol. The van der Waals surface area contributed by atoms with Crippen LogP contribution in [0.25, 0.3) is 0 Å². The number of hydrogen-bond acceptors (Lipinski definition) is 3. The topological polar surface area (TPSA) is 52.3 Å². The van der Waals surface area contributed by atoms with Gasteiger partial charge in [-0.2, -0.15) is 0 Å². The van der Waals surface area contributed by atoms with Crippen LogP contribution in [0.3, 0.4) is 0 Å². The Bertz CT molecular complexity index is 233. The van der Waals surface area contributed by atoms with Crippen LogP contribution >= 0.6 is 0 Å². The zero-order valence-corrected chi connectivity index (χ0v) is 9.80. The molecule has 0 radical (unpaired) electrons. The summed E-state index contributed by atoms with van der Waals surface area (Å²) in [5, 5.41) is 0. The van der Waals surface area contributed by atoms with E-state index in [0.717, 1.165) is 19.4 Å². The standard InChI is InChI=1S/C8H11NO2.W/c1-3-5-7(6-9)8(10)11-4-2;/h3,5H,1,4,9H2,2H3;/b7-5+;. The van der Waals surface area contributed by atoms with Crippen LogP contribution in [0.4, 0.5) is 0 Å². The van der Waals surface area contributed by atoms with Crippen molar-refractivity contribution in [3.8, 4) is 0 Å². The molecule has 66 valence electrons. The third kappa shape index (κ3) is 3.74. The molecule has 0 fully saturated rings. The molecule has 3 nitrogen and oxygen atoms in total. The minimum absolute atomic E-state index is 0.357. The summed E-state index contributed by atoms with van der Waals surface area (Å²) in [6.07, 6.45) is 3.07. The molecule has 0 saturated heterocycles. The molecule has 0 saturated carbocycles. The van der Waals surface area contributed by atoms with E-state index in [1.165, 1.54) is 6.08 Å². The van der Waals surface area contributed by atoms with Crippen molar-refractivity contribution in [3.05, 3.63) is 24.3 Å². The molecular formula is C8H11NO2W. The number of ether oxygens (including phenoxy) is 1. The molecule has 0 aliphatic carbocycles. The number of carbonyl (C=O) groups excluding carboxylic acids is 1. The van der Waals surface area contributed by atoms with E-state index in [2.05, 4.69) is 6.58 Å². The zero-order chi connectivity index (χ0) is 9.56. The molecule has 0 rings (SSSR count). The first kappa shape index (κ1) is 11.5. The van der Waals surface area contributed by atoms with Crippen molar-refractivity contribution in [1.29, 1.82) is 0 Å². The molecule has 0 amide bonds. The Labute approximate surface area is 82.7 Å². The Morgan fingerprint density at radius 1 is 1.75 bits per heavy atom. The van der Waals surface area contributed by atoms with Crippen molar-refractivity contribution >= 4 is 9.99 Å². The van der Waals surface area contributed by atoms with Crippen molar-refractivity contribution in [2.24, 2.45) is 5.73 Å². The van der Waals surface area contributed by atoms with Crippen molar-refractivity contribution in [1.82, 2.24) is 0 Å². The van der Waals surface area contributed by atoms with Gasteiger partial charge in [-0.1, -0.05) is 0 Å². The number of rotatable bonds is 4. The first-order chi connectivity index (χ1) is 5.63. The molecule has 0 aromatic rings. The van der Waals surface area contributed by atoms with Crippen LogP contribution in [0.5, 0.6) is 0 Å². The second kappa shape index (κ2) is 6.04. The third-order valence-corrected chi connectivity index (χ3v) is 1.84. The third-order valence-electron chi connectivity index (χ3n) is 1.05. The van der Waals surface area contributed by atoms with Crippen molar-refractivity contribution in [2.75, 3.05) is 6.61 Å². The van der Waals surface area contributed by atoms with Crippen molar-refractivity contribution in [2.45, 2.75) is 6.92 Å². The van der Waals surface area contributed by atoms with E-state index in [0.29, 0.717) is 16.2 Å². The van der Waals surface area contributed by atoms with Gasteiger partial charge in [0.15, 0.2) is 0 Å². The average Bonchev–Trinajstić information content (AvgIpc) is 1.99. The van der Waals surface area contributed by atoms with Crippen LogP contribution in [-0.4, -0.2) is 16.6 Å². The van der Waals surface area contributed by atoms with Gasteiger partial charge in [-0.15, -0.1) is 0 Å². The fraction of sp³-hybridized carbons (Fsp3) is 0.250. The van der Waals surface area contributed by atoms with Crippen LogP contribution in [0.2, 0.25) is 0 Å². The first-order valence-electron chi connectivity index (χ1n) is 3.43. The second-order valence-corrected chi connectivity index (χ2v) is 3.48. The molecule has 0 spiro atoms. The molecule has 0 heterocycles. The summed E-state index contributed by atoms with van der Waals surface area (Å²) in [5.41, 5.74) is 5.90. The molecule has 0 unspecified atom stereocenters. The van der Waals surface area contributed by atoms with Crippen molar-refractivity contribution < 1.29 is 28.9 Å². The molecule has 0 atom stereocenters. The number of carbonyl (C=O) groups is 1. The van der Waals surface area contributed by atoms with Crippen LogP contribution < -0.4 is 5.73 Å². The SMILES string of the molecule is C=C/C=C(/C(=O)OCC)[C](N)=[W]. The number of allylic oxidation sites excluding steroid dienone is 2. The summed E-state index contributed by atoms with van der Waals surface area (Å²) >= 11 is 1.05. The van der Waals surface area contributed by atoms with Crippen LogP contribution in [0, 0.1) is 0 Å². The van der Waals surface area contributed by atoms with Crippen LogP contribution in [0.1, 0.15) is 6.92 Å². The average molecular weight is 337 g/mol. The van der Waals surface area contributed by atoms with Gasteiger partial charge >= 0.3 is 82.4 Å². The summed E-state index contributed by atoms with van der Waals surface area (Å²) in [6.45, 7) is 5.59. The van der Waals surface area contributed by atoms with Gasteiger partial charge in [-0.05, 0) is 0 Å². The van der Waals surface area contributed by atoms with Gasteiger partial charge in [0.25, 0.3) is 0 Å². The molecule has 0 aliphatic heterocycles. The van der Waals surface area contributed by atoms with Crippen LogP contribution in [0.15, 0.2) is 24.3 Å². The van der Waals surface area contributed by atoms with E-state index < -0.39 is 0 Å². The zero-order valence-electron chi connectivity index (χ0n) is 6.87. The Morgan fingerprint density at radius 2 is 2.33 bits per heavy atom. The predicted octanol–water partition coefficient (Wildman–Crippen LogP) is 0.297. The Kier molecular flexibility index (Phi) is 5.77. The monoisotopic (exact) mass is 337 g/mol. The van der Waals surface area contributed by atoms with Gasteiger partial charge in [0, 0.05) is 0 Å². The number of esters is 1. The molecular weight excluding hydrogens is 326 g/mol. The van der Waals surface area contributed by atoms with Gasteiger partial charge < -0.3 is 0 Å². The molecule has 2 N–H and O–H groups in total. The summed E-state index contributed by atoms with van der Waals surface area (Å²) in [5.74, 6) is -0.384. The fourth-order valence-electron chi connectivity index (χ4n) is 0.577. The first-order valence-corrected chi connectivity index (χ1v) is 4.89. The summed E-state index contributed by atoms with van der Waals surface area (Å²) < 4.78 is 5.30. The second-order valence-electron chi connectivity index (χ2n) is 1.90. The van der Waals surface area contributed by atoms with E-state index in [-0.39, 0.29) is 5.97 Å². The van der Waals surface area contributed by atoms with Gasteiger partial charge in [0.2, 0.25) is 0 Å². The van der Waals surface area contributed by atoms with E-state index in [4.69, 9.17) is 10.5 Å². The van der Waals surface area contributed by atoms with E-state index in [1.807, 2.05) is 0 Å². The Balaban J connectivity index is 4.52. The number of nitrogens with two attached hydrogens (primary N) is 1. The van der Waals surface area contributed by atoms with Gasteiger partial charge in [0.05, 0.1) is 0 Å². The summed E-state index contributed by atoms with van der Waals surface area (Å²) in [4.78, 5) is 11.1. The van der Waals surface area contributed by atoms with E-state index >= 15 is 0 Å².